The number of fused-ring (bicyclic) bond motifs is 1. The van der Waals surface area contributed by atoms with Crippen LogP contribution in [-0.4, -0.2) is 39.1 Å². The summed E-state index contributed by atoms with van der Waals surface area (Å²) < 4.78 is 13.5. The Labute approximate surface area is 190 Å². The second kappa shape index (κ2) is 7.72. The first-order valence-electron chi connectivity index (χ1n) is 11.4. The number of ether oxygens (including phenoxy) is 2. The number of nitrogens with zero attached hydrogens (tertiary/aromatic N) is 4. The first-order valence-corrected chi connectivity index (χ1v) is 11.4. The minimum atomic E-state index is -0.218. The summed E-state index contributed by atoms with van der Waals surface area (Å²) in [6.45, 7) is 1.46. The maximum Gasteiger partial charge on any atom is 0.232 e. The van der Waals surface area contributed by atoms with Crippen molar-refractivity contribution >= 4 is 28.0 Å². The molecular formula is C25H25N5O3. The molecule has 2 aromatic carbocycles. The van der Waals surface area contributed by atoms with Crippen molar-refractivity contribution in [2.45, 2.75) is 32.2 Å². The minimum Gasteiger partial charge on any atom is -0.491 e. The summed E-state index contributed by atoms with van der Waals surface area (Å²) in [6, 6.07) is 10.1. The van der Waals surface area contributed by atoms with Gasteiger partial charge in [-0.25, -0.2) is 15.0 Å². The van der Waals surface area contributed by atoms with Crippen molar-refractivity contribution in [2.24, 2.45) is 17.6 Å². The van der Waals surface area contributed by atoms with E-state index in [1.807, 2.05) is 18.2 Å². The molecule has 1 saturated carbocycles. The molecule has 1 fully saturated rings. The predicted octanol–water partition coefficient (Wildman–Crippen LogP) is 3.49. The van der Waals surface area contributed by atoms with E-state index >= 15 is 0 Å². The van der Waals surface area contributed by atoms with E-state index in [2.05, 4.69) is 26.7 Å². The number of carbonyl (C=O) groups is 1. The molecule has 0 bridgehead atoms. The van der Waals surface area contributed by atoms with Crippen molar-refractivity contribution in [1.29, 1.82) is 0 Å². The van der Waals surface area contributed by atoms with Crippen LogP contribution in [0.3, 0.4) is 0 Å². The topological polar surface area (TPSA) is 105 Å². The number of hydrogen-bond acceptors (Lipinski definition) is 6. The standard InChI is InChI=1S/C25H25N5O3/c1-32-22-13-27-19-12-16(5-6-18(19)28-22)25-29-20-10-14(9-17(24(26)31)15-3-4-15)11-21-23(20)30(25)7-2-8-33-21/h5-6,10-13,15,17H,2-4,7-9H2,1H3,(H2,26,31)/t17-/m0/s1. The normalized spacial score (nSPS) is 16.4. The molecule has 0 unspecified atom stereocenters. The molecule has 4 aromatic rings. The molecule has 0 spiro atoms. The number of carbonyl (C=O) groups excluding carboxylic acids is 1. The summed E-state index contributed by atoms with van der Waals surface area (Å²) in [5.74, 6) is 2.25. The summed E-state index contributed by atoms with van der Waals surface area (Å²) in [4.78, 5) is 26.0. The second-order valence-corrected chi connectivity index (χ2v) is 8.92. The van der Waals surface area contributed by atoms with Crippen molar-refractivity contribution in [3.05, 3.63) is 42.1 Å². The van der Waals surface area contributed by atoms with E-state index in [-0.39, 0.29) is 11.8 Å². The fraction of sp³-hybridized carbons (Fsp3) is 0.360. The molecule has 2 aromatic heterocycles. The highest BCUT2D eigenvalue weighted by atomic mass is 16.5. The van der Waals surface area contributed by atoms with Crippen LogP contribution in [-0.2, 0) is 17.8 Å². The number of imidazole rings is 1. The summed E-state index contributed by atoms with van der Waals surface area (Å²) >= 11 is 0. The van der Waals surface area contributed by atoms with Gasteiger partial charge in [-0.15, -0.1) is 0 Å². The Hall–Kier alpha value is -3.68. The molecule has 2 N–H and O–H groups in total. The van der Waals surface area contributed by atoms with Gasteiger partial charge in [0, 0.05) is 18.0 Å². The van der Waals surface area contributed by atoms with Gasteiger partial charge in [0.2, 0.25) is 11.8 Å². The highest BCUT2D eigenvalue weighted by Gasteiger charge is 2.35. The van der Waals surface area contributed by atoms with Crippen LogP contribution in [0.25, 0.3) is 33.5 Å². The van der Waals surface area contributed by atoms with Crippen LogP contribution in [0, 0.1) is 11.8 Å². The Bertz CT molecular complexity index is 1390. The lowest BCUT2D eigenvalue weighted by atomic mass is 9.94. The molecule has 168 valence electrons. The molecule has 1 atom stereocenters. The number of amides is 1. The van der Waals surface area contributed by atoms with Crippen molar-refractivity contribution in [3.63, 3.8) is 0 Å². The third kappa shape index (κ3) is 3.55. The van der Waals surface area contributed by atoms with Gasteiger partial charge in [0.15, 0.2) is 0 Å². The summed E-state index contributed by atoms with van der Waals surface area (Å²) in [5, 5.41) is 0. The molecule has 8 heteroatoms. The van der Waals surface area contributed by atoms with Crippen molar-refractivity contribution in [2.75, 3.05) is 13.7 Å². The van der Waals surface area contributed by atoms with E-state index in [9.17, 15) is 4.79 Å². The van der Waals surface area contributed by atoms with Crippen molar-refractivity contribution in [1.82, 2.24) is 19.5 Å². The first kappa shape index (κ1) is 20.0. The molecule has 0 saturated heterocycles. The molecule has 8 nitrogen and oxygen atoms in total. The van der Waals surface area contributed by atoms with Crippen LogP contribution in [0.15, 0.2) is 36.5 Å². The number of hydrogen-bond donors (Lipinski definition) is 1. The van der Waals surface area contributed by atoms with E-state index in [0.717, 1.165) is 70.6 Å². The highest BCUT2D eigenvalue weighted by Crippen LogP contribution is 2.40. The highest BCUT2D eigenvalue weighted by molar-refractivity contribution is 5.89. The third-order valence-corrected chi connectivity index (χ3v) is 6.65. The van der Waals surface area contributed by atoms with Gasteiger partial charge in [0.05, 0.1) is 36.5 Å². The monoisotopic (exact) mass is 443 g/mol. The molecule has 1 amide bonds. The van der Waals surface area contributed by atoms with Crippen LogP contribution < -0.4 is 15.2 Å². The predicted molar refractivity (Wildman–Crippen MR) is 124 cm³/mol. The molecule has 1 aliphatic heterocycles. The van der Waals surface area contributed by atoms with Gasteiger partial charge >= 0.3 is 0 Å². The maximum atomic E-state index is 12.0. The lowest BCUT2D eigenvalue weighted by molar-refractivity contribution is -0.122. The molecule has 33 heavy (non-hydrogen) atoms. The largest absolute Gasteiger partial charge is 0.491 e. The summed E-state index contributed by atoms with van der Waals surface area (Å²) in [7, 11) is 1.58. The zero-order valence-electron chi connectivity index (χ0n) is 18.5. The number of aryl methyl sites for hydroxylation is 1. The first-order chi connectivity index (χ1) is 16.1. The summed E-state index contributed by atoms with van der Waals surface area (Å²) in [5.41, 5.74) is 11.1. The van der Waals surface area contributed by atoms with E-state index in [4.69, 9.17) is 20.2 Å². The van der Waals surface area contributed by atoms with E-state index in [1.54, 1.807) is 13.3 Å². The Kier molecular flexibility index (Phi) is 4.67. The van der Waals surface area contributed by atoms with Crippen LogP contribution in [0.4, 0.5) is 0 Å². The number of primary amides is 1. The number of rotatable bonds is 6. The lowest BCUT2D eigenvalue weighted by Gasteiger charge is -2.13. The Morgan fingerprint density at radius 1 is 1.21 bits per heavy atom. The minimum absolute atomic E-state index is 0.127. The smallest absolute Gasteiger partial charge is 0.232 e. The molecule has 0 radical (unpaired) electrons. The van der Waals surface area contributed by atoms with Crippen molar-refractivity contribution < 1.29 is 14.3 Å². The van der Waals surface area contributed by atoms with Gasteiger partial charge in [0.1, 0.15) is 17.1 Å². The molecule has 3 heterocycles. The van der Waals surface area contributed by atoms with Crippen LogP contribution in [0.5, 0.6) is 11.6 Å². The maximum absolute atomic E-state index is 12.0. The van der Waals surface area contributed by atoms with E-state index < -0.39 is 0 Å². The zero-order valence-corrected chi connectivity index (χ0v) is 18.5. The van der Waals surface area contributed by atoms with Crippen LogP contribution in [0.1, 0.15) is 24.8 Å². The number of nitrogens with two attached hydrogens (primary N) is 1. The van der Waals surface area contributed by atoms with Crippen LogP contribution >= 0.6 is 0 Å². The Balaban J connectivity index is 1.45. The van der Waals surface area contributed by atoms with E-state index in [1.165, 1.54) is 0 Å². The van der Waals surface area contributed by atoms with Crippen molar-refractivity contribution in [3.8, 4) is 23.0 Å². The number of methoxy groups -OCH3 is 1. The molecule has 1 aliphatic carbocycles. The molecule has 6 rings (SSSR count). The average Bonchev–Trinajstić information content (AvgIpc) is 3.62. The van der Waals surface area contributed by atoms with Gasteiger partial charge in [-0.2, -0.15) is 0 Å². The average molecular weight is 444 g/mol. The van der Waals surface area contributed by atoms with Crippen LogP contribution in [0.2, 0.25) is 0 Å². The molecular weight excluding hydrogens is 418 g/mol. The quantitative estimate of drug-likeness (QED) is 0.489. The molecule has 2 aliphatic rings. The fourth-order valence-electron chi connectivity index (χ4n) is 4.84. The Morgan fingerprint density at radius 3 is 2.88 bits per heavy atom. The number of benzene rings is 2. The van der Waals surface area contributed by atoms with Gasteiger partial charge in [-0.05, 0) is 67.5 Å². The fourth-order valence-corrected chi connectivity index (χ4v) is 4.84. The summed E-state index contributed by atoms with van der Waals surface area (Å²) in [6.07, 6.45) is 5.29. The zero-order chi connectivity index (χ0) is 22.5. The SMILES string of the molecule is COc1cnc2cc(-c3nc4cc(C[C@H](C(N)=O)C5CC5)cc5c4n3CCCO5)ccc2n1. The Morgan fingerprint density at radius 2 is 2.09 bits per heavy atom. The third-order valence-electron chi connectivity index (χ3n) is 6.65. The van der Waals surface area contributed by atoms with Gasteiger partial charge < -0.3 is 19.8 Å². The number of aromatic nitrogens is 4. The van der Waals surface area contributed by atoms with E-state index in [0.29, 0.717) is 24.8 Å². The van der Waals surface area contributed by atoms with Gasteiger partial charge in [-0.3, -0.25) is 4.79 Å². The lowest BCUT2D eigenvalue weighted by Crippen LogP contribution is -2.26. The van der Waals surface area contributed by atoms with Gasteiger partial charge in [0.25, 0.3) is 0 Å². The second-order valence-electron chi connectivity index (χ2n) is 8.92. The van der Waals surface area contributed by atoms with Gasteiger partial charge in [-0.1, -0.05) is 0 Å².